The number of aromatic carboxylic acids is 1. The minimum Gasteiger partial charge on any atom is -0.475 e. The normalized spacial score (nSPS) is 12.6. The van der Waals surface area contributed by atoms with Crippen LogP contribution >= 0.6 is 0 Å². The van der Waals surface area contributed by atoms with Crippen LogP contribution < -0.4 is 0 Å². The Bertz CT molecular complexity index is 342. The van der Waals surface area contributed by atoms with Crippen LogP contribution in [0.2, 0.25) is 0 Å². The molecule has 0 aliphatic rings. The molecule has 1 atom stereocenters. The lowest BCUT2D eigenvalue weighted by molar-refractivity contribution is 0.0661. The first-order valence-corrected chi connectivity index (χ1v) is 5.78. The second-order valence-corrected chi connectivity index (χ2v) is 4.44. The molecule has 14 heavy (non-hydrogen) atoms. The smallest absolute Gasteiger partial charge is 0.372 e. The van der Waals surface area contributed by atoms with Crippen molar-refractivity contribution in [3.63, 3.8) is 0 Å². The number of hydrogen-bond acceptors (Lipinski definition) is 3. The first kappa shape index (κ1) is 11.0. The third-order valence-corrected chi connectivity index (χ3v) is 3.19. The summed E-state index contributed by atoms with van der Waals surface area (Å²) in [6.45, 7) is 1.94. The highest BCUT2D eigenvalue weighted by Gasteiger charge is 2.15. The summed E-state index contributed by atoms with van der Waals surface area (Å²) < 4.78 is 16.1. The molecule has 78 valence electrons. The van der Waals surface area contributed by atoms with E-state index in [1.54, 1.807) is 6.07 Å². The van der Waals surface area contributed by atoms with Crippen molar-refractivity contribution in [3.05, 3.63) is 23.7 Å². The van der Waals surface area contributed by atoms with E-state index >= 15 is 0 Å². The van der Waals surface area contributed by atoms with Crippen LogP contribution in [0.4, 0.5) is 0 Å². The molecular formula is C9H12O4S. The molecule has 4 nitrogen and oxygen atoms in total. The molecule has 1 aromatic heterocycles. The Morgan fingerprint density at radius 3 is 2.93 bits per heavy atom. The number of carboxylic acid groups (broad SMARTS) is 1. The van der Waals surface area contributed by atoms with Crippen LogP contribution in [0, 0.1) is 0 Å². The number of hydrogen-bond donors (Lipinski definition) is 1. The largest absolute Gasteiger partial charge is 0.475 e. The molecule has 0 saturated heterocycles. The third-order valence-electron chi connectivity index (χ3n) is 1.69. The molecule has 0 aliphatic carbocycles. The fourth-order valence-corrected chi connectivity index (χ4v) is 2.28. The summed E-state index contributed by atoms with van der Waals surface area (Å²) >= 11 is 0. The Hall–Kier alpha value is -1.10. The van der Waals surface area contributed by atoms with Gasteiger partial charge in [0.2, 0.25) is 5.76 Å². The highest BCUT2D eigenvalue weighted by atomic mass is 32.2. The van der Waals surface area contributed by atoms with Crippen LogP contribution in [0.15, 0.2) is 16.7 Å². The molecule has 0 radical (unpaired) electrons. The van der Waals surface area contributed by atoms with Gasteiger partial charge < -0.3 is 9.52 Å². The van der Waals surface area contributed by atoms with E-state index in [0.717, 1.165) is 6.42 Å². The number of carboxylic acids is 1. The van der Waals surface area contributed by atoms with E-state index in [1.807, 2.05) is 6.92 Å². The molecule has 0 fully saturated rings. The van der Waals surface area contributed by atoms with Crippen molar-refractivity contribution < 1.29 is 18.5 Å². The average molecular weight is 216 g/mol. The highest BCUT2D eigenvalue weighted by molar-refractivity contribution is 7.84. The van der Waals surface area contributed by atoms with E-state index in [1.165, 1.54) is 6.26 Å². The van der Waals surface area contributed by atoms with Crippen molar-refractivity contribution in [1.29, 1.82) is 0 Å². The van der Waals surface area contributed by atoms with E-state index in [-0.39, 0.29) is 11.5 Å². The maximum absolute atomic E-state index is 11.4. The van der Waals surface area contributed by atoms with Gasteiger partial charge in [0.05, 0.1) is 12.0 Å². The number of carbonyl (C=O) groups is 1. The van der Waals surface area contributed by atoms with Crippen molar-refractivity contribution in [1.82, 2.24) is 0 Å². The van der Waals surface area contributed by atoms with Crippen molar-refractivity contribution in [2.45, 2.75) is 19.1 Å². The van der Waals surface area contributed by atoms with Crippen LogP contribution in [0.5, 0.6) is 0 Å². The van der Waals surface area contributed by atoms with E-state index < -0.39 is 16.8 Å². The fourth-order valence-electron chi connectivity index (χ4n) is 1.11. The zero-order valence-electron chi connectivity index (χ0n) is 7.86. The summed E-state index contributed by atoms with van der Waals surface area (Å²) in [6.07, 6.45) is 2.13. The van der Waals surface area contributed by atoms with Gasteiger partial charge in [0, 0.05) is 22.1 Å². The van der Waals surface area contributed by atoms with Crippen LogP contribution in [-0.2, 0) is 16.6 Å². The molecule has 0 aromatic carbocycles. The van der Waals surface area contributed by atoms with Crippen molar-refractivity contribution in [2.75, 3.05) is 5.75 Å². The maximum atomic E-state index is 11.4. The molecule has 1 unspecified atom stereocenters. The zero-order valence-corrected chi connectivity index (χ0v) is 8.67. The van der Waals surface area contributed by atoms with E-state index in [0.29, 0.717) is 11.3 Å². The minimum atomic E-state index is -1.11. The van der Waals surface area contributed by atoms with Gasteiger partial charge in [-0.05, 0) is 12.5 Å². The summed E-state index contributed by atoms with van der Waals surface area (Å²) in [5.74, 6) is -0.371. The topological polar surface area (TPSA) is 67.5 Å². The van der Waals surface area contributed by atoms with E-state index in [9.17, 15) is 9.00 Å². The lowest BCUT2D eigenvalue weighted by Crippen LogP contribution is -2.04. The fraction of sp³-hybridized carbons (Fsp3) is 0.444. The molecule has 1 heterocycles. The Balaban J connectivity index is 2.71. The second-order valence-electron chi connectivity index (χ2n) is 2.87. The van der Waals surface area contributed by atoms with Gasteiger partial charge in [-0.15, -0.1) is 0 Å². The summed E-state index contributed by atoms with van der Waals surface area (Å²) in [7, 11) is -1.000. The molecule has 1 aromatic rings. The van der Waals surface area contributed by atoms with Crippen molar-refractivity contribution >= 4 is 16.8 Å². The van der Waals surface area contributed by atoms with Gasteiger partial charge in [0.25, 0.3) is 0 Å². The number of rotatable bonds is 5. The Morgan fingerprint density at radius 1 is 1.64 bits per heavy atom. The minimum absolute atomic E-state index is 0.102. The van der Waals surface area contributed by atoms with Crippen molar-refractivity contribution in [3.8, 4) is 0 Å². The van der Waals surface area contributed by atoms with Crippen LogP contribution in [0.1, 0.15) is 29.5 Å². The molecular weight excluding hydrogens is 204 g/mol. The van der Waals surface area contributed by atoms with Crippen LogP contribution in [-0.4, -0.2) is 21.0 Å². The monoisotopic (exact) mass is 216 g/mol. The first-order valence-electron chi connectivity index (χ1n) is 4.29. The number of furan rings is 1. The Kier molecular flexibility index (Phi) is 3.88. The Morgan fingerprint density at radius 2 is 2.36 bits per heavy atom. The third kappa shape index (κ3) is 2.70. The maximum Gasteiger partial charge on any atom is 0.372 e. The molecule has 0 aliphatic heterocycles. The van der Waals surface area contributed by atoms with Gasteiger partial charge in [-0.1, -0.05) is 6.92 Å². The molecule has 1 rings (SSSR count). The summed E-state index contributed by atoms with van der Waals surface area (Å²) in [5, 5.41) is 8.70. The summed E-state index contributed by atoms with van der Waals surface area (Å²) in [5.41, 5.74) is 0.504. The van der Waals surface area contributed by atoms with Gasteiger partial charge in [-0.3, -0.25) is 4.21 Å². The van der Waals surface area contributed by atoms with E-state index in [2.05, 4.69) is 0 Å². The van der Waals surface area contributed by atoms with Crippen molar-refractivity contribution in [2.24, 2.45) is 0 Å². The molecule has 0 bridgehead atoms. The predicted octanol–water partition coefficient (Wildman–Crippen LogP) is 1.64. The summed E-state index contributed by atoms with van der Waals surface area (Å²) in [6, 6.07) is 1.55. The molecule has 0 spiro atoms. The quantitative estimate of drug-likeness (QED) is 0.812. The molecule has 0 amide bonds. The lowest BCUT2D eigenvalue weighted by Gasteiger charge is -1.98. The van der Waals surface area contributed by atoms with Gasteiger partial charge in [-0.2, -0.15) is 0 Å². The SMILES string of the molecule is CCCS(=O)Cc1ccoc1C(=O)O. The lowest BCUT2D eigenvalue weighted by atomic mass is 10.3. The first-order chi connectivity index (χ1) is 6.65. The zero-order chi connectivity index (χ0) is 10.6. The van der Waals surface area contributed by atoms with Gasteiger partial charge >= 0.3 is 5.97 Å². The predicted molar refractivity (Wildman–Crippen MR) is 52.7 cm³/mol. The highest BCUT2D eigenvalue weighted by Crippen LogP contribution is 2.13. The average Bonchev–Trinajstić information content (AvgIpc) is 2.52. The Labute approximate surface area is 84.4 Å². The molecule has 0 saturated carbocycles. The van der Waals surface area contributed by atoms with Gasteiger partial charge in [0.15, 0.2) is 0 Å². The van der Waals surface area contributed by atoms with Gasteiger partial charge in [-0.25, -0.2) is 4.79 Å². The van der Waals surface area contributed by atoms with E-state index in [4.69, 9.17) is 9.52 Å². The molecule has 5 heteroatoms. The standard InChI is InChI=1S/C9H12O4S/c1-2-5-14(12)6-7-3-4-13-8(7)9(10)11/h3-4H,2,5-6H2,1H3,(H,10,11). The van der Waals surface area contributed by atoms with Gasteiger partial charge in [0.1, 0.15) is 0 Å². The second kappa shape index (κ2) is 4.95. The van der Waals surface area contributed by atoms with Crippen LogP contribution in [0.3, 0.4) is 0 Å². The van der Waals surface area contributed by atoms with Crippen LogP contribution in [0.25, 0.3) is 0 Å². The molecule has 1 N–H and O–H groups in total. The summed E-state index contributed by atoms with van der Waals surface area (Å²) in [4.78, 5) is 10.6.